The van der Waals surface area contributed by atoms with Crippen LogP contribution in [0.3, 0.4) is 0 Å². The second kappa shape index (κ2) is 5.08. The lowest BCUT2D eigenvalue weighted by atomic mass is 10.1. The summed E-state index contributed by atoms with van der Waals surface area (Å²) in [6, 6.07) is 5.90. The lowest BCUT2D eigenvalue weighted by Gasteiger charge is -2.07. The highest BCUT2D eigenvalue weighted by molar-refractivity contribution is 5.87. The minimum absolute atomic E-state index is 0.429. The van der Waals surface area contributed by atoms with Crippen molar-refractivity contribution in [3.05, 3.63) is 47.9 Å². The van der Waals surface area contributed by atoms with Crippen LogP contribution in [0.25, 0.3) is 22.9 Å². The van der Waals surface area contributed by atoms with E-state index in [1.807, 2.05) is 40.7 Å². The van der Waals surface area contributed by atoms with Crippen molar-refractivity contribution in [2.24, 2.45) is 7.05 Å². The minimum atomic E-state index is -0.961. The molecule has 4 rings (SSSR count). The van der Waals surface area contributed by atoms with E-state index < -0.39 is 5.97 Å². The summed E-state index contributed by atoms with van der Waals surface area (Å²) < 4.78 is 3.78. The molecule has 0 spiro atoms. The maximum absolute atomic E-state index is 11.0. The SMILES string of the molecule is Cn1nc(C2CC2)c(/C=C/C(=O)O)c1-n1ccc2cccnc21. The van der Waals surface area contributed by atoms with Gasteiger partial charge in [0.2, 0.25) is 0 Å². The molecule has 0 radical (unpaired) electrons. The molecule has 1 aliphatic carbocycles. The summed E-state index contributed by atoms with van der Waals surface area (Å²) >= 11 is 0. The highest BCUT2D eigenvalue weighted by Crippen LogP contribution is 2.42. The number of carboxylic acid groups (broad SMARTS) is 1. The Morgan fingerprint density at radius 1 is 1.39 bits per heavy atom. The second-order valence-electron chi connectivity index (χ2n) is 5.79. The first kappa shape index (κ1) is 13.8. The summed E-state index contributed by atoms with van der Waals surface area (Å²) in [5, 5.41) is 14.7. The number of aromatic nitrogens is 4. The average Bonchev–Trinajstić information content (AvgIpc) is 3.21. The molecule has 6 heteroatoms. The molecule has 6 nitrogen and oxygen atoms in total. The second-order valence-corrected chi connectivity index (χ2v) is 5.79. The van der Waals surface area contributed by atoms with Gasteiger partial charge in [-0.2, -0.15) is 5.10 Å². The van der Waals surface area contributed by atoms with E-state index in [-0.39, 0.29) is 0 Å². The molecule has 0 bridgehead atoms. The molecule has 3 heterocycles. The Bertz CT molecular complexity index is 931. The number of hydrogen-bond donors (Lipinski definition) is 1. The highest BCUT2D eigenvalue weighted by atomic mass is 16.4. The molecule has 1 fully saturated rings. The van der Waals surface area contributed by atoms with Crippen LogP contribution in [-0.2, 0) is 11.8 Å². The zero-order valence-corrected chi connectivity index (χ0v) is 12.7. The molecule has 0 unspecified atom stereocenters. The van der Waals surface area contributed by atoms with Gasteiger partial charge in [0.1, 0.15) is 11.5 Å². The maximum Gasteiger partial charge on any atom is 0.328 e. The smallest absolute Gasteiger partial charge is 0.328 e. The summed E-state index contributed by atoms with van der Waals surface area (Å²) in [6.07, 6.45) is 8.73. The summed E-state index contributed by atoms with van der Waals surface area (Å²) in [4.78, 5) is 15.4. The number of aliphatic carboxylic acids is 1. The van der Waals surface area contributed by atoms with Crippen molar-refractivity contribution in [1.82, 2.24) is 19.3 Å². The molecule has 3 aromatic heterocycles. The van der Waals surface area contributed by atoms with Crippen molar-refractivity contribution in [2.75, 3.05) is 0 Å². The largest absolute Gasteiger partial charge is 0.478 e. The summed E-state index contributed by atoms with van der Waals surface area (Å²) in [5.41, 5.74) is 2.67. The van der Waals surface area contributed by atoms with E-state index in [1.165, 1.54) is 6.08 Å². The van der Waals surface area contributed by atoms with Crippen molar-refractivity contribution in [2.45, 2.75) is 18.8 Å². The van der Waals surface area contributed by atoms with Crippen LogP contribution in [0, 0.1) is 0 Å². The van der Waals surface area contributed by atoms with Gasteiger partial charge >= 0.3 is 5.97 Å². The third kappa shape index (κ3) is 2.32. The van der Waals surface area contributed by atoms with Crippen LogP contribution in [0.15, 0.2) is 36.7 Å². The predicted octanol–water partition coefficient (Wildman–Crippen LogP) is 2.73. The van der Waals surface area contributed by atoms with Gasteiger partial charge in [-0.25, -0.2) is 9.78 Å². The zero-order valence-electron chi connectivity index (χ0n) is 12.7. The number of hydrogen-bond acceptors (Lipinski definition) is 3. The molecule has 0 atom stereocenters. The number of carbonyl (C=O) groups is 1. The molecule has 0 saturated heterocycles. The third-order valence-corrected chi connectivity index (χ3v) is 4.11. The molecular weight excluding hydrogens is 292 g/mol. The van der Waals surface area contributed by atoms with Crippen LogP contribution in [0.1, 0.15) is 30.0 Å². The molecule has 0 aromatic carbocycles. The standard InChI is InChI=1S/C17H16N4O2/c1-20-17(21-10-8-12-3-2-9-18-16(12)21)13(6-7-14(22)23)15(19-20)11-4-5-11/h2-3,6-11H,4-5H2,1H3,(H,22,23)/b7-6+. The minimum Gasteiger partial charge on any atom is -0.478 e. The summed E-state index contributed by atoms with van der Waals surface area (Å²) in [5.74, 6) is 0.313. The monoisotopic (exact) mass is 308 g/mol. The fourth-order valence-corrected chi connectivity index (χ4v) is 2.95. The molecule has 0 amide bonds. The van der Waals surface area contributed by atoms with Crippen LogP contribution in [0.4, 0.5) is 0 Å². The number of carboxylic acids is 1. The topological polar surface area (TPSA) is 72.9 Å². The van der Waals surface area contributed by atoms with Gasteiger partial charge in [0.15, 0.2) is 0 Å². The first-order valence-electron chi connectivity index (χ1n) is 7.55. The Labute approximate surface area is 132 Å². The van der Waals surface area contributed by atoms with Crippen molar-refractivity contribution in [1.29, 1.82) is 0 Å². The maximum atomic E-state index is 11.0. The number of fused-ring (bicyclic) bond motifs is 1. The van der Waals surface area contributed by atoms with Gasteiger partial charge < -0.3 is 5.11 Å². The Morgan fingerprint density at radius 2 is 2.22 bits per heavy atom. The lowest BCUT2D eigenvalue weighted by molar-refractivity contribution is -0.131. The van der Waals surface area contributed by atoms with E-state index in [2.05, 4.69) is 10.1 Å². The van der Waals surface area contributed by atoms with E-state index in [4.69, 9.17) is 5.11 Å². The van der Waals surface area contributed by atoms with Crippen molar-refractivity contribution >= 4 is 23.1 Å². The summed E-state index contributed by atoms with van der Waals surface area (Å²) in [6.45, 7) is 0. The lowest BCUT2D eigenvalue weighted by Crippen LogP contribution is -2.03. The van der Waals surface area contributed by atoms with Gasteiger partial charge in [0, 0.05) is 42.4 Å². The number of nitrogens with zero attached hydrogens (tertiary/aromatic N) is 4. The fourth-order valence-electron chi connectivity index (χ4n) is 2.95. The van der Waals surface area contributed by atoms with Crippen LogP contribution in [-0.4, -0.2) is 30.4 Å². The van der Waals surface area contributed by atoms with Crippen LogP contribution in [0.5, 0.6) is 0 Å². The quantitative estimate of drug-likeness (QED) is 0.752. The first-order valence-corrected chi connectivity index (χ1v) is 7.55. The Morgan fingerprint density at radius 3 is 2.96 bits per heavy atom. The van der Waals surface area contributed by atoms with Gasteiger partial charge in [-0.05, 0) is 37.1 Å². The summed E-state index contributed by atoms with van der Waals surface area (Å²) in [7, 11) is 1.88. The van der Waals surface area contributed by atoms with Gasteiger partial charge in [-0.15, -0.1) is 0 Å². The van der Waals surface area contributed by atoms with Gasteiger partial charge in [-0.1, -0.05) is 0 Å². The van der Waals surface area contributed by atoms with E-state index in [9.17, 15) is 4.79 Å². The van der Waals surface area contributed by atoms with Crippen LogP contribution < -0.4 is 0 Å². The number of aryl methyl sites for hydroxylation is 1. The average molecular weight is 308 g/mol. The number of rotatable bonds is 4. The Balaban J connectivity index is 1.95. The molecule has 1 aliphatic rings. The van der Waals surface area contributed by atoms with E-state index >= 15 is 0 Å². The van der Waals surface area contributed by atoms with E-state index in [0.717, 1.165) is 41.0 Å². The molecule has 116 valence electrons. The van der Waals surface area contributed by atoms with Gasteiger partial charge in [0.25, 0.3) is 0 Å². The van der Waals surface area contributed by atoms with Crippen LogP contribution >= 0.6 is 0 Å². The highest BCUT2D eigenvalue weighted by Gasteiger charge is 2.31. The molecule has 0 aliphatic heterocycles. The van der Waals surface area contributed by atoms with Crippen molar-refractivity contribution in [3.8, 4) is 5.82 Å². The van der Waals surface area contributed by atoms with Crippen molar-refractivity contribution in [3.63, 3.8) is 0 Å². The molecule has 1 saturated carbocycles. The third-order valence-electron chi connectivity index (χ3n) is 4.11. The fraction of sp³-hybridized carbons (Fsp3) is 0.235. The zero-order chi connectivity index (χ0) is 16.0. The Kier molecular flexibility index (Phi) is 3.04. The molecule has 23 heavy (non-hydrogen) atoms. The first-order chi connectivity index (χ1) is 11.1. The molecular formula is C17H16N4O2. The molecule has 1 N–H and O–H groups in total. The van der Waals surface area contributed by atoms with E-state index in [0.29, 0.717) is 5.92 Å². The van der Waals surface area contributed by atoms with Gasteiger partial charge in [-0.3, -0.25) is 9.25 Å². The number of pyridine rings is 1. The molecule has 3 aromatic rings. The predicted molar refractivity (Wildman–Crippen MR) is 86.5 cm³/mol. The van der Waals surface area contributed by atoms with Crippen LogP contribution in [0.2, 0.25) is 0 Å². The normalized spacial score (nSPS) is 14.8. The van der Waals surface area contributed by atoms with E-state index in [1.54, 1.807) is 12.3 Å². The van der Waals surface area contributed by atoms with Gasteiger partial charge in [0.05, 0.1) is 5.69 Å². The van der Waals surface area contributed by atoms with Crippen molar-refractivity contribution < 1.29 is 9.90 Å². The Hall–Kier alpha value is -2.89.